The summed E-state index contributed by atoms with van der Waals surface area (Å²) >= 11 is 0. The van der Waals surface area contributed by atoms with Crippen LogP contribution in [0.3, 0.4) is 0 Å². The van der Waals surface area contributed by atoms with Gasteiger partial charge < -0.3 is 10.2 Å². The third-order valence-corrected chi connectivity index (χ3v) is 5.41. The number of piperidine rings is 1. The molecule has 3 fully saturated rings. The molecule has 4 unspecified atom stereocenters. The molecule has 2 heterocycles. The zero-order valence-corrected chi connectivity index (χ0v) is 11.3. The van der Waals surface area contributed by atoms with Crippen LogP contribution in [0.1, 0.15) is 58.3 Å². The van der Waals surface area contributed by atoms with E-state index >= 15 is 0 Å². The molecule has 1 aliphatic carbocycles. The smallest absolute Gasteiger partial charge is 0.0111 e. The summed E-state index contributed by atoms with van der Waals surface area (Å²) in [6.45, 7) is 5.08. The summed E-state index contributed by atoms with van der Waals surface area (Å²) in [5.74, 6) is 1.01. The van der Waals surface area contributed by atoms with Crippen molar-refractivity contribution in [1.82, 2.24) is 10.2 Å². The van der Waals surface area contributed by atoms with Gasteiger partial charge in [-0.2, -0.15) is 0 Å². The van der Waals surface area contributed by atoms with Gasteiger partial charge in [0.1, 0.15) is 0 Å². The minimum absolute atomic E-state index is 0.829. The normalized spacial score (nSPS) is 42.9. The zero-order valence-electron chi connectivity index (χ0n) is 11.3. The van der Waals surface area contributed by atoms with Crippen LogP contribution in [0.2, 0.25) is 0 Å². The molecule has 2 heteroatoms. The van der Waals surface area contributed by atoms with Crippen molar-refractivity contribution in [3.05, 3.63) is 0 Å². The molecular weight excluding hydrogens is 208 g/mol. The highest BCUT2D eigenvalue weighted by Gasteiger charge is 2.33. The van der Waals surface area contributed by atoms with Crippen molar-refractivity contribution in [3.8, 4) is 0 Å². The maximum atomic E-state index is 3.97. The minimum atomic E-state index is 0.829. The van der Waals surface area contributed by atoms with Crippen molar-refractivity contribution in [2.45, 2.75) is 76.4 Å². The van der Waals surface area contributed by atoms with E-state index in [4.69, 9.17) is 0 Å². The lowest BCUT2D eigenvalue weighted by Gasteiger charge is -2.36. The number of hydrogen-bond donors (Lipinski definition) is 1. The SMILES string of the molecule is CCC1CCC(NC2CCN3CCCC3C2)C1. The van der Waals surface area contributed by atoms with Crippen LogP contribution in [-0.4, -0.2) is 36.1 Å². The molecule has 0 radical (unpaired) electrons. The Labute approximate surface area is 106 Å². The molecule has 0 aromatic rings. The Hall–Kier alpha value is -0.0800. The highest BCUT2D eigenvalue weighted by molar-refractivity contribution is 4.91. The molecule has 2 nitrogen and oxygen atoms in total. The zero-order chi connectivity index (χ0) is 11.7. The summed E-state index contributed by atoms with van der Waals surface area (Å²) in [6.07, 6.45) is 11.5. The number of hydrogen-bond acceptors (Lipinski definition) is 2. The Morgan fingerprint density at radius 2 is 1.88 bits per heavy atom. The van der Waals surface area contributed by atoms with Gasteiger partial charge in [0.25, 0.3) is 0 Å². The lowest BCUT2D eigenvalue weighted by Crippen LogP contribution is -2.48. The third-order valence-electron chi connectivity index (χ3n) is 5.41. The van der Waals surface area contributed by atoms with Gasteiger partial charge >= 0.3 is 0 Å². The van der Waals surface area contributed by atoms with Crippen molar-refractivity contribution in [3.63, 3.8) is 0 Å². The van der Waals surface area contributed by atoms with Gasteiger partial charge in [0.05, 0.1) is 0 Å². The lowest BCUT2D eigenvalue weighted by molar-refractivity contribution is 0.160. The van der Waals surface area contributed by atoms with Gasteiger partial charge in [-0.15, -0.1) is 0 Å². The van der Waals surface area contributed by atoms with Gasteiger partial charge in [-0.3, -0.25) is 0 Å². The van der Waals surface area contributed by atoms with Crippen molar-refractivity contribution in [2.75, 3.05) is 13.1 Å². The molecule has 0 bridgehead atoms. The maximum Gasteiger partial charge on any atom is 0.0111 e. The molecule has 2 aliphatic heterocycles. The summed E-state index contributed by atoms with van der Waals surface area (Å²) in [6, 6.07) is 2.59. The van der Waals surface area contributed by atoms with Crippen LogP contribution in [-0.2, 0) is 0 Å². The quantitative estimate of drug-likeness (QED) is 0.810. The van der Waals surface area contributed by atoms with Crippen molar-refractivity contribution >= 4 is 0 Å². The summed E-state index contributed by atoms with van der Waals surface area (Å²) in [4.78, 5) is 2.72. The fraction of sp³-hybridized carbons (Fsp3) is 1.00. The topological polar surface area (TPSA) is 15.3 Å². The van der Waals surface area contributed by atoms with Crippen molar-refractivity contribution in [1.29, 1.82) is 0 Å². The van der Waals surface area contributed by atoms with E-state index in [1.54, 1.807) is 0 Å². The van der Waals surface area contributed by atoms with E-state index in [2.05, 4.69) is 17.1 Å². The first-order valence-electron chi connectivity index (χ1n) is 7.85. The highest BCUT2D eigenvalue weighted by atomic mass is 15.2. The molecule has 0 spiro atoms. The molecule has 4 atom stereocenters. The number of nitrogens with one attached hydrogen (secondary N) is 1. The highest BCUT2D eigenvalue weighted by Crippen LogP contribution is 2.31. The fourth-order valence-electron chi connectivity index (χ4n) is 4.31. The van der Waals surface area contributed by atoms with Crippen molar-refractivity contribution in [2.24, 2.45) is 5.92 Å². The molecule has 98 valence electrons. The van der Waals surface area contributed by atoms with E-state index in [9.17, 15) is 0 Å². The minimum Gasteiger partial charge on any atom is -0.311 e. The van der Waals surface area contributed by atoms with Gasteiger partial charge in [-0.05, 0) is 64.0 Å². The average Bonchev–Trinajstić information content (AvgIpc) is 2.96. The van der Waals surface area contributed by atoms with Gasteiger partial charge in [0, 0.05) is 18.1 Å². The average molecular weight is 236 g/mol. The molecule has 2 saturated heterocycles. The Bertz CT molecular complexity index is 253. The summed E-state index contributed by atoms with van der Waals surface area (Å²) in [5.41, 5.74) is 0. The molecule has 1 saturated carbocycles. The second kappa shape index (κ2) is 5.27. The Balaban J connectivity index is 1.46. The van der Waals surface area contributed by atoms with E-state index in [1.807, 2.05) is 0 Å². The molecule has 17 heavy (non-hydrogen) atoms. The molecule has 3 aliphatic rings. The first kappa shape index (κ1) is 12.0. The second-order valence-electron chi connectivity index (χ2n) is 6.50. The standard InChI is InChI=1S/C15H28N2/c1-2-12-5-6-13(10-12)16-14-7-9-17-8-3-4-15(17)11-14/h12-16H,2-11H2,1H3. The molecule has 1 N–H and O–H groups in total. The lowest BCUT2D eigenvalue weighted by atomic mass is 9.96. The molecular formula is C15H28N2. The Kier molecular flexibility index (Phi) is 3.72. The van der Waals surface area contributed by atoms with Gasteiger partial charge in [0.15, 0.2) is 0 Å². The van der Waals surface area contributed by atoms with Crippen LogP contribution in [0.5, 0.6) is 0 Å². The Morgan fingerprint density at radius 1 is 1.00 bits per heavy atom. The number of fused-ring (bicyclic) bond motifs is 1. The molecule has 3 rings (SSSR count). The first-order chi connectivity index (χ1) is 8.35. The predicted octanol–water partition coefficient (Wildman–Crippen LogP) is 2.78. The largest absolute Gasteiger partial charge is 0.311 e. The van der Waals surface area contributed by atoms with Gasteiger partial charge in [-0.25, -0.2) is 0 Å². The van der Waals surface area contributed by atoms with Crippen LogP contribution in [0.15, 0.2) is 0 Å². The number of nitrogens with zero attached hydrogens (tertiary/aromatic N) is 1. The van der Waals surface area contributed by atoms with E-state index in [-0.39, 0.29) is 0 Å². The van der Waals surface area contributed by atoms with Crippen LogP contribution in [0.25, 0.3) is 0 Å². The van der Waals surface area contributed by atoms with E-state index in [1.165, 1.54) is 64.5 Å². The van der Waals surface area contributed by atoms with Crippen LogP contribution in [0, 0.1) is 5.92 Å². The molecule has 0 aromatic heterocycles. The summed E-state index contributed by atoms with van der Waals surface area (Å²) in [5, 5.41) is 3.97. The number of rotatable bonds is 3. The predicted molar refractivity (Wildman–Crippen MR) is 72.2 cm³/mol. The van der Waals surface area contributed by atoms with E-state index < -0.39 is 0 Å². The van der Waals surface area contributed by atoms with Crippen LogP contribution < -0.4 is 5.32 Å². The second-order valence-corrected chi connectivity index (χ2v) is 6.50. The monoisotopic (exact) mass is 236 g/mol. The Morgan fingerprint density at radius 3 is 2.71 bits per heavy atom. The summed E-state index contributed by atoms with van der Waals surface area (Å²) in [7, 11) is 0. The summed E-state index contributed by atoms with van der Waals surface area (Å²) < 4.78 is 0. The van der Waals surface area contributed by atoms with E-state index in [0.29, 0.717) is 0 Å². The van der Waals surface area contributed by atoms with Gasteiger partial charge in [-0.1, -0.05) is 13.3 Å². The van der Waals surface area contributed by atoms with E-state index in [0.717, 1.165) is 24.0 Å². The van der Waals surface area contributed by atoms with Crippen LogP contribution >= 0.6 is 0 Å². The maximum absolute atomic E-state index is 3.97. The van der Waals surface area contributed by atoms with Crippen molar-refractivity contribution < 1.29 is 0 Å². The van der Waals surface area contributed by atoms with Crippen LogP contribution in [0.4, 0.5) is 0 Å². The molecule has 0 amide bonds. The molecule has 0 aromatic carbocycles. The van der Waals surface area contributed by atoms with Gasteiger partial charge in [0.2, 0.25) is 0 Å². The fourth-order valence-corrected chi connectivity index (χ4v) is 4.31. The first-order valence-corrected chi connectivity index (χ1v) is 7.85. The third kappa shape index (κ3) is 2.68.